The molecular weight excluding hydrogens is 376 g/mol. The predicted octanol–water partition coefficient (Wildman–Crippen LogP) is 3.29. The standard InChI is InChI=1S/C24H26N4O2/c1-14-21-12-15-4-5-16(22(29)25-3)10-18(15)24(14,2)8-9-28(21)23(30)17-6-7-19-20(11-17)27-13-26-19/h4-7,10-11,13-14,21H,8-9,12H2,1-3H3,(H,25,29)(H,26,27)/t14?,21-,24-/m1/s1. The number of rotatable bonds is 2. The molecule has 154 valence electrons. The van der Waals surface area contributed by atoms with Crippen molar-refractivity contribution in [1.82, 2.24) is 20.2 Å². The van der Waals surface area contributed by atoms with Crippen molar-refractivity contribution in [2.24, 2.45) is 5.92 Å². The number of aromatic amines is 1. The maximum absolute atomic E-state index is 13.4. The first kappa shape index (κ1) is 18.9. The highest BCUT2D eigenvalue weighted by atomic mass is 16.2. The van der Waals surface area contributed by atoms with Gasteiger partial charge in [-0.3, -0.25) is 9.59 Å². The number of nitrogens with one attached hydrogen (secondary N) is 2. The number of amides is 2. The van der Waals surface area contributed by atoms with Crippen LogP contribution in [0.2, 0.25) is 0 Å². The lowest BCUT2D eigenvalue weighted by atomic mass is 9.58. The molecule has 0 spiro atoms. The van der Waals surface area contributed by atoms with Gasteiger partial charge in [-0.05, 0) is 65.6 Å². The van der Waals surface area contributed by atoms with Crippen LogP contribution in [0.25, 0.3) is 11.0 Å². The number of carbonyl (C=O) groups is 2. The molecule has 1 aliphatic carbocycles. The lowest BCUT2D eigenvalue weighted by molar-refractivity contribution is 0.0250. The lowest BCUT2D eigenvalue weighted by Crippen LogP contribution is -2.59. The molecule has 0 radical (unpaired) electrons. The fraction of sp³-hybridized carbons (Fsp3) is 0.375. The van der Waals surface area contributed by atoms with Crippen molar-refractivity contribution >= 4 is 22.8 Å². The Bertz CT molecular complexity index is 1170. The molecule has 1 saturated heterocycles. The summed E-state index contributed by atoms with van der Waals surface area (Å²) in [6.07, 6.45) is 3.35. The highest BCUT2D eigenvalue weighted by Crippen LogP contribution is 2.49. The molecule has 2 heterocycles. The summed E-state index contributed by atoms with van der Waals surface area (Å²) in [6.45, 7) is 5.25. The predicted molar refractivity (Wildman–Crippen MR) is 116 cm³/mol. The van der Waals surface area contributed by atoms with Gasteiger partial charge in [-0.1, -0.05) is 19.9 Å². The molecule has 1 unspecified atom stereocenters. The number of likely N-dealkylation sites (tertiary alicyclic amines) is 1. The third-order valence-electron chi connectivity index (χ3n) is 7.43. The summed E-state index contributed by atoms with van der Waals surface area (Å²) in [4.78, 5) is 35.0. The van der Waals surface area contributed by atoms with Crippen LogP contribution in [0.3, 0.4) is 0 Å². The van der Waals surface area contributed by atoms with E-state index in [2.05, 4.69) is 46.2 Å². The summed E-state index contributed by atoms with van der Waals surface area (Å²) in [5.41, 5.74) is 5.61. The number of fused-ring (bicyclic) bond motifs is 5. The highest BCUT2D eigenvalue weighted by molar-refractivity contribution is 5.98. The second-order valence-electron chi connectivity index (χ2n) is 8.81. The number of piperidine rings is 1. The summed E-state index contributed by atoms with van der Waals surface area (Å²) < 4.78 is 0. The van der Waals surface area contributed by atoms with E-state index < -0.39 is 0 Å². The topological polar surface area (TPSA) is 78.1 Å². The third kappa shape index (κ3) is 2.66. The number of imidazole rings is 1. The maximum Gasteiger partial charge on any atom is 0.254 e. The molecule has 6 nitrogen and oxygen atoms in total. The molecule has 2 bridgehead atoms. The zero-order valence-corrected chi connectivity index (χ0v) is 17.5. The highest BCUT2D eigenvalue weighted by Gasteiger charge is 2.49. The second kappa shape index (κ2) is 6.69. The van der Waals surface area contributed by atoms with Crippen LogP contribution < -0.4 is 5.32 Å². The van der Waals surface area contributed by atoms with Crippen molar-refractivity contribution in [3.8, 4) is 0 Å². The Morgan fingerprint density at radius 2 is 2.00 bits per heavy atom. The number of hydrogen-bond donors (Lipinski definition) is 2. The van der Waals surface area contributed by atoms with Gasteiger partial charge in [0.25, 0.3) is 11.8 Å². The van der Waals surface area contributed by atoms with Gasteiger partial charge >= 0.3 is 0 Å². The Balaban J connectivity index is 1.50. The van der Waals surface area contributed by atoms with E-state index in [4.69, 9.17) is 0 Å². The van der Waals surface area contributed by atoms with Gasteiger partial charge in [-0.2, -0.15) is 0 Å². The minimum atomic E-state index is -0.0574. The molecule has 1 aliphatic heterocycles. The molecule has 30 heavy (non-hydrogen) atoms. The molecule has 2 aliphatic rings. The molecule has 0 saturated carbocycles. The van der Waals surface area contributed by atoms with Crippen LogP contribution >= 0.6 is 0 Å². The van der Waals surface area contributed by atoms with Crippen molar-refractivity contribution in [2.45, 2.75) is 38.1 Å². The average molecular weight is 402 g/mol. The van der Waals surface area contributed by atoms with Crippen LogP contribution in [0.15, 0.2) is 42.7 Å². The molecule has 2 N–H and O–H groups in total. The Kier molecular flexibility index (Phi) is 4.20. The molecule has 3 aromatic rings. The van der Waals surface area contributed by atoms with Crippen molar-refractivity contribution < 1.29 is 9.59 Å². The minimum Gasteiger partial charge on any atom is -0.355 e. The van der Waals surface area contributed by atoms with Gasteiger partial charge in [0.15, 0.2) is 0 Å². The van der Waals surface area contributed by atoms with E-state index in [9.17, 15) is 9.59 Å². The molecule has 5 rings (SSSR count). The van der Waals surface area contributed by atoms with Crippen LogP contribution in [0, 0.1) is 5.92 Å². The van der Waals surface area contributed by atoms with E-state index >= 15 is 0 Å². The first-order valence-corrected chi connectivity index (χ1v) is 10.5. The molecule has 1 aromatic heterocycles. The summed E-state index contributed by atoms with van der Waals surface area (Å²) in [6, 6.07) is 11.8. The van der Waals surface area contributed by atoms with Gasteiger partial charge < -0.3 is 15.2 Å². The summed E-state index contributed by atoms with van der Waals surface area (Å²) in [5, 5.41) is 2.72. The maximum atomic E-state index is 13.4. The SMILES string of the molecule is CNC(=O)c1ccc2c(c1)[C@]1(C)CCN(C(=O)c3ccc4nc[nH]c4c3)[C@H](C2)C1C. The van der Waals surface area contributed by atoms with Crippen molar-refractivity contribution in [3.63, 3.8) is 0 Å². The van der Waals surface area contributed by atoms with E-state index in [1.165, 1.54) is 11.1 Å². The van der Waals surface area contributed by atoms with E-state index in [1.54, 1.807) is 13.4 Å². The van der Waals surface area contributed by atoms with Gasteiger partial charge in [0.2, 0.25) is 0 Å². The number of nitrogens with zero attached hydrogens (tertiary/aromatic N) is 2. The van der Waals surface area contributed by atoms with Crippen LogP contribution in [0.1, 0.15) is 52.1 Å². The normalized spacial score (nSPS) is 25.1. The van der Waals surface area contributed by atoms with Gasteiger partial charge in [0.1, 0.15) is 0 Å². The van der Waals surface area contributed by atoms with E-state index in [-0.39, 0.29) is 23.3 Å². The molecule has 2 amide bonds. The second-order valence-corrected chi connectivity index (χ2v) is 8.81. The Labute approximate surface area is 175 Å². The van der Waals surface area contributed by atoms with Gasteiger partial charge in [0, 0.05) is 30.8 Å². The smallest absolute Gasteiger partial charge is 0.254 e. The fourth-order valence-corrected chi connectivity index (χ4v) is 5.39. The van der Waals surface area contributed by atoms with Crippen molar-refractivity contribution in [2.75, 3.05) is 13.6 Å². The zero-order chi connectivity index (χ0) is 21.0. The lowest BCUT2D eigenvalue weighted by Gasteiger charge is -2.54. The Morgan fingerprint density at radius 1 is 1.20 bits per heavy atom. The Hall–Kier alpha value is -3.15. The van der Waals surface area contributed by atoms with Crippen molar-refractivity contribution in [3.05, 3.63) is 65.0 Å². The zero-order valence-electron chi connectivity index (χ0n) is 17.5. The van der Waals surface area contributed by atoms with Gasteiger partial charge in [-0.25, -0.2) is 4.98 Å². The van der Waals surface area contributed by atoms with Gasteiger partial charge in [0.05, 0.1) is 17.4 Å². The minimum absolute atomic E-state index is 0.0492. The van der Waals surface area contributed by atoms with Gasteiger partial charge in [-0.15, -0.1) is 0 Å². The van der Waals surface area contributed by atoms with Crippen molar-refractivity contribution in [1.29, 1.82) is 0 Å². The van der Waals surface area contributed by atoms with Crippen LogP contribution in [-0.4, -0.2) is 46.3 Å². The number of H-pyrrole nitrogens is 1. The largest absolute Gasteiger partial charge is 0.355 e. The first-order valence-electron chi connectivity index (χ1n) is 10.5. The molecule has 6 heteroatoms. The molecule has 2 aromatic carbocycles. The number of benzene rings is 2. The van der Waals surface area contributed by atoms with E-state index in [0.717, 1.165) is 30.4 Å². The average Bonchev–Trinajstić information content (AvgIpc) is 3.23. The molecular formula is C24H26N4O2. The number of aromatic nitrogens is 2. The number of carbonyl (C=O) groups excluding carboxylic acids is 2. The van der Waals surface area contributed by atoms with E-state index in [0.29, 0.717) is 17.0 Å². The number of hydrogen-bond acceptors (Lipinski definition) is 3. The van der Waals surface area contributed by atoms with Crippen LogP contribution in [0.4, 0.5) is 0 Å². The molecule has 1 fully saturated rings. The quantitative estimate of drug-likeness (QED) is 0.690. The third-order valence-corrected chi connectivity index (χ3v) is 7.43. The Morgan fingerprint density at radius 3 is 2.80 bits per heavy atom. The van der Waals surface area contributed by atoms with E-state index in [1.807, 2.05) is 24.3 Å². The van der Waals surface area contributed by atoms with Crippen LogP contribution in [-0.2, 0) is 11.8 Å². The summed E-state index contributed by atoms with van der Waals surface area (Å²) in [5.74, 6) is 0.326. The fourth-order valence-electron chi connectivity index (χ4n) is 5.39. The first-order chi connectivity index (χ1) is 14.4. The van der Waals surface area contributed by atoms with Crippen LogP contribution in [0.5, 0.6) is 0 Å². The molecule has 3 atom stereocenters. The summed E-state index contributed by atoms with van der Waals surface area (Å²) in [7, 11) is 1.66. The summed E-state index contributed by atoms with van der Waals surface area (Å²) >= 11 is 0. The monoisotopic (exact) mass is 402 g/mol.